The van der Waals surface area contributed by atoms with Gasteiger partial charge in [-0.15, -0.1) is 0 Å². The van der Waals surface area contributed by atoms with E-state index in [2.05, 4.69) is 4.98 Å². The molecule has 0 amide bonds. The number of ether oxygens (including phenoxy) is 1. The van der Waals surface area contributed by atoms with Gasteiger partial charge in [-0.2, -0.15) is 0 Å². The Kier molecular flexibility index (Phi) is 6.44. The quantitative estimate of drug-likeness (QED) is 0.295. The van der Waals surface area contributed by atoms with Gasteiger partial charge >= 0.3 is 5.69 Å². The van der Waals surface area contributed by atoms with Gasteiger partial charge in [-0.3, -0.25) is 18.7 Å². The second kappa shape index (κ2) is 9.29. The van der Waals surface area contributed by atoms with Crippen LogP contribution in [0.15, 0.2) is 57.2 Å². The summed E-state index contributed by atoms with van der Waals surface area (Å²) in [5.41, 5.74) is 2.08. The molecule has 33 heavy (non-hydrogen) atoms. The smallest absolute Gasteiger partial charge is 0.332 e. The first-order valence-electron chi connectivity index (χ1n) is 9.99. The number of hydrogen-bond acceptors (Lipinski definition) is 6. The fourth-order valence-corrected chi connectivity index (χ4v) is 4.68. The molecule has 4 aromatic rings. The average molecular weight is 485 g/mol. The Morgan fingerprint density at radius 3 is 2.48 bits per heavy atom. The molecule has 10 heteroatoms. The number of hydrogen-bond donors (Lipinski definition) is 0. The Balaban J connectivity index is 1.83. The fraction of sp³-hybridized carbons (Fsp3) is 0.217. The van der Waals surface area contributed by atoms with Crippen molar-refractivity contribution in [1.29, 1.82) is 0 Å². The molecule has 0 bridgehead atoms. The molecule has 0 saturated heterocycles. The van der Waals surface area contributed by atoms with E-state index in [1.54, 1.807) is 49.1 Å². The highest BCUT2D eigenvalue weighted by molar-refractivity contribution is 7.98. The minimum atomic E-state index is -0.444. The zero-order valence-electron chi connectivity index (χ0n) is 18.2. The molecular weight excluding hydrogens is 464 g/mol. The maximum atomic E-state index is 13.0. The third-order valence-electron chi connectivity index (χ3n) is 5.36. The molecule has 8 nitrogen and oxygen atoms in total. The summed E-state index contributed by atoms with van der Waals surface area (Å²) in [6.45, 7) is 0.370. The zero-order valence-corrected chi connectivity index (χ0v) is 19.8. The SMILES string of the molecule is COc1ccc(C=O)cc1CSc1nc2c(c(=O)n(C)c(=O)n2C)n1Cc1ccc(Cl)cc1. The van der Waals surface area contributed by atoms with E-state index in [1.807, 2.05) is 12.1 Å². The molecule has 0 unspecified atom stereocenters. The Morgan fingerprint density at radius 2 is 1.82 bits per heavy atom. The topological polar surface area (TPSA) is 88.1 Å². The summed E-state index contributed by atoms with van der Waals surface area (Å²) < 4.78 is 9.68. The zero-order chi connectivity index (χ0) is 23.7. The number of halogens is 1. The standard InChI is InChI=1S/C23H21ClN4O4S/c1-26-20-19(21(30)27(2)23(26)31)28(11-14-4-7-17(24)8-5-14)22(25-20)33-13-16-10-15(12-29)6-9-18(16)32-3/h4-10,12H,11,13H2,1-3H3. The second-order valence-corrected chi connectivity index (χ2v) is 8.84. The Bertz CT molecular complexity index is 1470. The first-order chi connectivity index (χ1) is 15.8. The number of carbonyl (C=O) groups is 1. The van der Waals surface area contributed by atoms with Crippen LogP contribution >= 0.6 is 23.4 Å². The lowest BCUT2D eigenvalue weighted by Gasteiger charge is -2.11. The van der Waals surface area contributed by atoms with E-state index in [0.717, 1.165) is 22.0 Å². The Morgan fingerprint density at radius 1 is 1.09 bits per heavy atom. The predicted molar refractivity (Wildman–Crippen MR) is 129 cm³/mol. The third kappa shape index (κ3) is 4.34. The van der Waals surface area contributed by atoms with Gasteiger partial charge in [0, 0.05) is 36.0 Å². The molecule has 0 aliphatic rings. The van der Waals surface area contributed by atoms with Crippen LogP contribution < -0.4 is 16.0 Å². The molecule has 0 saturated carbocycles. The minimum Gasteiger partial charge on any atom is -0.496 e. The van der Waals surface area contributed by atoms with Gasteiger partial charge in [0.15, 0.2) is 16.3 Å². The number of aromatic nitrogens is 4. The number of aryl methyl sites for hydroxylation is 1. The molecule has 4 rings (SSSR count). The lowest BCUT2D eigenvalue weighted by Crippen LogP contribution is -2.37. The van der Waals surface area contributed by atoms with Gasteiger partial charge in [-0.05, 0) is 35.9 Å². The lowest BCUT2D eigenvalue weighted by atomic mass is 10.1. The van der Waals surface area contributed by atoms with E-state index in [-0.39, 0.29) is 0 Å². The molecular formula is C23H21ClN4O4S. The van der Waals surface area contributed by atoms with Gasteiger partial charge in [0.2, 0.25) is 0 Å². The van der Waals surface area contributed by atoms with Crippen LogP contribution in [0.3, 0.4) is 0 Å². The fourth-order valence-electron chi connectivity index (χ4n) is 3.58. The van der Waals surface area contributed by atoms with Crippen molar-refractivity contribution in [2.45, 2.75) is 17.5 Å². The molecule has 2 aromatic carbocycles. The van der Waals surface area contributed by atoms with E-state index in [1.165, 1.54) is 23.4 Å². The van der Waals surface area contributed by atoms with Crippen LogP contribution in [-0.2, 0) is 26.4 Å². The van der Waals surface area contributed by atoms with Gasteiger partial charge in [-0.25, -0.2) is 9.78 Å². The average Bonchev–Trinajstić information content (AvgIpc) is 3.19. The molecule has 0 N–H and O–H groups in total. The van der Waals surface area contributed by atoms with E-state index in [4.69, 9.17) is 16.3 Å². The number of thioether (sulfide) groups is 1. The summed E-state index contributed by atoms with van der Waals surface area (Å²) in [7, 11) is 4.61. The monoisotopic (exact) mass is 484 g/mol. The van der Waals surface area contributed by atoms with Crippen LogP contribution in [0.25, 0.3) is 11.2 Å². The third-order valence-corrected chi connectivity index (χ3v) is 6.64. The van der Waals surface area contributed by atoms with Crippen LogP contribution in [0.2, 0.25) is 5.02 Å². The largest absolute Gasteiger partial charge is 0.496 e. The first kappa shape index (κ1) is 22.9. The highest BCUT2D eigenvalue weighted by Crippen LogP contribution is 2.30. The number of methoxy groups -OCH3 is 1. The normalized spacial score (nSPS) is 11.2. The summed E-state index contributed by atoms with van der Waals surface area (Å²) in [5.74, 6) is 1.10. The van der Waals surface area contributed by atoms with Crippen molar-refractivity contribution >= 4 is 40.8 Å². The summed E-state index contributed by atoms with van der Waals surface area (Å²) >= 11 is 7.42. The number of nitrogens with zero attached hydrogens (tertiary/aromatic N) is 4. The molecule has 2 heterocycles. The van der Waals surface area contributed by atoms with Crippen molar-refractivity contribution in [2.24, 2.45) is 14.1 Å². The summed E-state index contributed by atoms with van der Waals surface area (Å²) in [4.78, 5) is 41.4. The number of fused-ring (bicyclic) bond motifs is 1. The predicted octanol–water partition coefficient (Wildman–Crippen LogP) is 3.25. The number of aldehydes is 1. The van der Waals surface area contributed by atoms with Crippen LogP contribution in [0, 0.1) is 0 Å². The Hall–Kier alpha value is -3.30. The van der Waals surface area contributed by atoms with Crippen LogP contribution in [-0.4, -0.2) is 32.1 Å². The molecule has 0 radical (unpaired) electrons. The van der Waals surface area contributed by atoms with Crippen molar-refractivity contribution in [3.63, 3.8) is 0 Å². The van der Waals surface area contributed by atoms with Gasteiger partial charge in [-0.1, -0.05) is 35.5 Å². The van der Waals surface area contributed by atoms with Crippen LogP contribution in [0.5, 0.6) is 5.75 Å². The molecule has 0 aliphatic heterocycles. The maximum absolute atomic E-state index is 13.0. The van der Waals surface area contributed by atoms with Crippen molar-refractivity contribution in [3.05, 3.63) is 85.0 Å². The summed E-state index contributed by atoms with van der Waals surface area (Å²) in [6.07, 6.45) is 0.781. The van der Waals surface area contributed by atoms with Crippen LogP contribution in [0.4, 0.5) is 0 Å². The number of rotatable bonds is 7. The number of carbonyl (C=O) groups excluding carboxylic acids is 1. The molecule has 0 aliphatic carbocycles. The number of benzene rings is 2. The molecule has 2 aromatic heterocycles. The number of imidazole rings is 1. The Labute approximate surface area is 198 Å². The second-order valence-electron chi connectivity index (χ2n) is 7.46. The maximum Gasteiger partial charge on any atom is 0.332 e. The molecule has 0 fully saturated rings. The van der Waals surface area contributed by atoms with E-state index in [0.29, 0.717) is 45.0 Å². The highest BCUT2D eigenvalue weighted by atomic mass is 35.5. The first-order valence-corrected chi connectivity index (χ1v) is 11.4. The molecule has 170 valence electrons. The van der Waals surface area contributed by atoms with Crippen molar-refractivity contribution < 1.29 is 9.53 Å². The summed E-state index contributed by atoms with van der Waals surface area (Å²) in [6, 6.07) is 12.5. The molecule has 0 atom stereocenters. The lowest BCUT2D eigenvalue weighted by molar-refractivity contribution is 0.112. The van der Waals surface area contributed by atoms with Gasteiger partial charge < -0.3 is 9.30 Å². The van der Waals surface area contributed by atoms with E-state index < -0.39 is 11.2 Å². The van der Waals surface area contributed by atoms with Gasteiger partial charge in [0.1, 0.15) is 12.0 Å². The van der Waals surface area contributed by atoms with Crippen molar-refractivity contribution in [3.8, 4) is 5.75 Å². The van der Waals surface area contributed by atoms with E-state index >= 15 is 0 Å². The van der Waals surface area contributed by atoms with Crippen LogP contribution in [0.1, 0.15) is 21.5 Å². The highest BCUT2D eigenvalue weighted by Gasteiger charge is 2.20. The van der Waals surface area contributed by atoms with Gasteiger partial charge in [0.05, 0.1) is 13.7 Å². The van der Waals surface area contributed by atoms with Crippen molar-refractivity contribution in [2.75, 3.05) is 7.11 Å². The van der Waals surface area contributed by atoms with Crippen molar-refractivity contribution in [1.82, 2.24) is 18.7 Å². The minimum absolute atomic E-state index is 0.313. The van der Waals surface area contributed by atoms with E-state index in [9.17, 15) is 14.4 Å². The summed E-state index contributed by atoms with van der Waals surface area (Å²) in [5, 5.41) is 1.18. The van der Waals surface area contributed by atoms with Gasteiger partial charge in [0.25, 0.3) is 5.56 Å². The molecule has 0 spiro atoms.